The number of carbonyl (C=O) groups is 2. The second-order valence-electron chi connectivity index (χ2n) is 8.53. The molecule has 0 radical (unpaired) electrons. The van der Waals surface area contributed by atoms with E-state index in [0.717, 1.165) is 12.1 Å². The quantitative estimate of drug-likeness (QED) is 0.516. The van der Waals surface area contributed by atoms with Gasteiger partial charge in [0.05, 0.1) is 31.5 Å². The average molecular weight is 518 g/mol. The number of anilines is 2. The fourth-order valence-corrected chi connectivity index (χ4v) is 4.19. The molecule has 13 nitrogen and oxygen atoms in total. The summed E-state index contributed by atoms with van der Waals surface area (Å²) in [6.45, 7) is 2.75. The number of benzene rings is 1. The first-order chi connectivity index (χ1) is 17.9. The molecule has 15 heteroatoms. The molecule has 5 rings (SSSR count). The van der Waals surface area contributed by atoms with Gasteiger partial charge in [-0.1, -0.05) is 10.4 Å². The van der Waals surface area contributed by atoms with Gasteiger partial charge in [-0.2, -0.15) is 0 Å². The van der Waals surface area contributed by atoms with E-state index < -0.39 is 29.9 Å². The molecule has 2 fully saturated rings. The maximum atomic E-state index is 15.2. The van der Waals surface area contributed by atoms with Gasteiger partial charge in [0.15, 0.2) is 11.6 Å². The van der Waals surface area contributed by atoms with Gasteiger partial charge in [0, 0.05) is 44.0 Å². The minimum atomic E-state index is -0.833. The lowest BCUT2D eigenvalue weighted by atomic mass is 10.2. The van der Waals surface area contributed by atoms with Gasteiger partial charge in [-0.3, -0.25) is 4.90 Å². The fourth-order valence-electron chi connectivity index (χ4n) is 4.19. The molecule has 1 atom stereocenters. The standard InChI is InChI=1S/C22H24F2N8O5/c1-14-8-15(27-37-14)13-35-22(34)32-7-6-29(4-3-26-32)20-18(23)9-16(10-19(20)24)31-12-17(36-21(31)33)11-30-5-2-25-28-30/h2,5,8-10,17,26H,3-4,6-7,11-13H2,1H3/t17-/m0/s1. The Balaban J connectivity index is 1.21. The van der Waals surface area contributed by atoms with Gasteiger partial charge in [-0.15, -0.1) is 5.10 Å². The normalized spacial score (nSPS) is 18.2. The highest BCUT2D eigenvalue weighted by atomic mass is 19.1. The first kappa shape index (κ1) is 24.4. The molecule has 1 N–H and O–H groups in total. The van der Waals surface area contributed by atoms with Crippen LogP contribution in [0.1, 0.15) is 11.5 Å². The third kappa shape index (κ3) is 5.45. The Bertz CT molecular complexity index is 1250. The Kier molecular flexibility index (Phi) is 6.85. The SMILES string of the molecule is Cc1cc(COC(=O)N2CCN(c3c(F)cc(N4C[C@H](Cn5ccnn5)OC4=O)cc3F)CCN2)no1. The Morgan fingerprint density at radius 2 is 2.03 bits per heavy atom. The zero-order valence-electron chi connectivity index (χ0n) is 19.8. The van der Waals surface area contributed by atoms with Crippen molar-refractivity contribution in [1.82, 2.24) is 30.6 Å². The van der Waals surface area contributed by atoms with Gasteiger partial charge < -0.3 is 18.9 Å². The van der Waals surface area contributed by atoms with Gasteiger partial charge >= 0.3 is 12.2 Å². The Morgan fingerprint density at radius 1 is 1.22 bits per heavy atom. The van der Waals surface area contributed by atoms with E-state index in [1.54, 1.807) is 19.2 Å². The van der Waals surface area contributed by atoms with Crippen LogP contribution in [0.4, 0.5) is 29.7 Å². The van der Waals surface area contributed by atoms with Crippen LogP contribution in [-0.2, 0) is 22.6 Å². The van der Waals surface area contributed by atoms with Crippen LogP contribution < -0.4 is 15.2 Å². The summed E-state index contributed by atoms with van der Waals surface area (Å²) in [5.74, 6) is -1.07. The van der Waals surface area contributed by atoms with E-state index in [-0.39, 0.29) is 57.3 Å². The molecule has 0 bridgehead atoms. The van der Waals surface area contributed by atoms with Crippen LogP contribution in [0.2, 0.25) is 0 Å². The van der Waals surface area contributed by atoms with Gasteiger partial charge in [0.2, 0.25) is 0 Å². The van der Waals surface area contributed by atoms with Crippen LogP contribution in [0.3, 0.4) is 0 Å². The van der Waals surface area contributed by atoms with Crippen molar-refractivity contribution in [3.8, 4) is 0 Å². The predicted molar refractivity (Wildman–Crippen MR) is 122 cm³/mol. The zero-order chi connectivity index (χ0) is 25.9. The number of cyclic esters (lactones) is 1. The molecule has 0 spiro atoms. The number of rotatable bonds is 6. The molecule has 3 aromatic rings. The average Bonchev–Trinajstić information content (AvgIpc) is 3.56. The maximum absolute atomic E-state index is 15.2. The molecule has 37 heavy (non-hydrogen) atoms. The minimum absolute atomic E-state index is 0.0473. The summed E-state index contributed by atoms with van der Waals surface area (Å²) in [6.07, 6.45) is 1.23. The van der Waals surface area contributed by atoms with Crippen molar-refractivity contribution in [2.24, 2.45) is 0 Å². The van der Waals surface area contributed by atoms with E-state index in [1.807, 2.05) is 0 Å². The van der Waals surface area contributed by atoms with Crippen molar-refractivity contribution in [3.63, 3.8) is 0 Å². The molecule has 2 saturated heterocycles. The molecule has 2 aliphatic heterocycles. The molecule has 2 amide bonds. The molecule has 0 saturated carbocycles. The number of hydrogen-bond donors (Lipinski definition) is 1. The smallest absolute Gasteiger partial charge is 0.424 e. The van der Waals surface area contributed by atoms with Gasteiger partial charge in [0.1, 0.15) is 29.9 Å². The van der Waals surface area contributed by atoms with Crippen LogP contribution >= 0.6 is 0 Å². The van der Waals surface area contributed by atoms with Crippen LogP contribution in [0.25, 0.3) is 0 Å². The lowest BCUT2D eigenvalue weighted by Gasteiger charge is -2.25. The minimum Gasteiger partial charge on any atom is -0.442 e. The largest absolute Gasteiger partial charge is 0.442 e. The summed E-state index contributed by atoms with van der Waals surface area (Å²) >= 11 is 0. The topological polar surface area (TPSA) is 131 Å². The monoisotopic (exact) mass is 518 g/mol. The molecule has 0 aliphatic carbocycles. The molecule has 196 valence electrons. The van der Waals surface area contributed by atoms with Crippen LogP contribution in [-0.4, -0.2) is 76.2 Å². The first-order valence-corrected chi connectivity index (χ1v) is 11.5. The highest BCUT2D eigenvalue weighted by Gasteiger charge is 2.34. The fraction of sp³-hybridized carbons (Fsp3) is 0.409. The molecule has 2 aliphatic rings. The van der Waals surface area contributed by atoms with Gasteiger partial charge in [0.25, 0.3) is 0 Å². The predicted octanol–water partition coefficient (Wildman–Crippen LogP) is 1.84. The molecule has 1 aromatic carbocycles. The second-order valence-corrected chi connectivity index (χ2v) is 8.53. The van der Waals surface area contributed by atoms with Crippen molar-refractivity contribution in [1.29, 1.82) is 0 Å². The van der Waals surface area contributed by atoms with Crippen molar-refractivity contribution in [2.75, 3.05) is 42.5 Å². The van der Waals surface area contributed by atoms with Crippen molar-refractivity contribution < 1.29 is 32.4 Å². The summed E-state index contributed by atoms with van der Waals surface area (Å²) in [7, 11) is 0. The van der Waals surface area contributed by atoms with E-state index in [4.69, 9.17) is 14.0 Å². The Morgan fingerprint density at radius 3 is 2.73 bits per heavy atom. The second kappa shape index (κ2) is 10.4. The van der Waals surface area contributed by atoms with Crippen LogP contribution in [0.15, 0.2) is 35.1 Å². The van der Waals surface area contributed by atoms with Crippen molar-refractivity contribution in [3.05, 3.63) is 53.7 Å². The van der Waals surface area contributed by atoms with Crippen LogP contribution in [0.5, 0.6) is 0 Å². The number of hydrazine groups is 1. The maximum Gasteiger partial charge on any atom is 0.424 e. The number of nitrogens with one attached hydrogen (secondary N) is 1. The molecular weight excluding hydrogens is 494 g/mol. The number of aryl methyl sites for hydroxylation is 1. The highest BCUT2D eigenvalue weighted by Crippen LogP contribution is 2.31. The number of hydrogen-bond acceptors (Lipinski definition) is 10. The van der Waals surface area contributed by atoms with Crippen molar-refractivity contribution >= 4 is 23.6 Å². The first-order valence-electron chi connectivity index (χ1n) is 11.5. The van der Waals surface area contributed by atoms with E-state index in [0.29, 0.717) is 11.5 Å². The van der Waals surface area contributed by atoms with Gasteiger partial charge in [-0.25, -0.2) is 33.5 Å². The molecule has 2 aromatic heterocycles. The molecule has 0 unspecified atom stereocenters. The third-order valence-electron chi connectivity index (χ3n) is 5.88. The number of carbonyl (C=O) groups excluding carboxylic acids is 2. The van der Waals surface area contributed by atoms with E-state index >= 15 is 8.78 Å². The van der Waals surface area contributed by atoms with Gasteiger partial charge in [-0.05, 0) is 6.92 Å². The molecule has 4 heterocycles. The van der Waals surface area contributed by atoms with E-state index in [2.05, 4.69) is 20.9 Å². The lowest BCUT2D eigenvalue weighted by Crippen LogP contribution is -2.43. The third-order valence-corrected chi connectivity index (χ3v) is 5.88. The van der Waals surface area contributed by atoms with Crippen LogP contribution in [0, 0.1) is 18.6 Å². The Hall–Kier alpha value is -4.27. The summed E-state index contributed by atoms with van der Waals surface area (Å²) in [5, 5.41) is 12.5. The summed E-state index contributed by atoms with van der Waals surface area (Å²) in [6, 6.07) is 3.85. The summed E-state index contributed by atoms with van der Waals surface area (Å²) < 4.78 is 47.3. The summed E-state index contributed by atoms with van der Waals surface area (Å²) in [4.78, 5) is 27.4. The number of ether oxygens (including phenoxy) is 2. The summed E-state index contributed by atoms with van der Waals surface area (Å²) in [5.41, 5.74) is 3.17. The van der Waals surface area contributed by atoms with Crippen molar-refractivity contribution in [2.45, 2.75) is 26.2 Å². The zero-order valence-corrected chi connectivity index (χ0v) is 19.8. The number of halogens is 2. The number of aromatic nitrogens is 4. The lowest BCUT2D eigenvalue weighted by molar-refractivity contribution is 0.0795. The molecular formula is C22H24F2N8O5. The number of amides is 2. The number of nitrogens with zero attached hydrogens (tertiary/aromatic N) is 7. The highest BCUT2D eigenvalue weighted by molar-refractivity contribution is 5.90. The Labute approximate surface area is 209 Å². The van der Waals surface area contributed by atoms with E-state index in [9.17, 15) is 9.59 Å². The van der Waals surface area contributed by atoms with E-state index in [1.165, 1.54) is 25.7 Å².